The van der Waals surface area contributed by atoms with Crippen molar-refractivity contribution in [3.8, 4) is 0 Å². The van der Waals surface area contributed by atoms with Gasteiger partial charge < -0.3 is 29.8 Å². The molecule has 0 spiro atoms. The maximum Gasteiger partial charge on any atom is 0.343 e. The van der Waals surface area contributed by atoms with E-state index in [4.69, 9.17) is 29.8 Å². The Bertz CT molecular complexity index is 460. The van der Waals surface area contributed by atoms with Crippen molar-refractivity contribution >= 4 is 27.1 Å². The molecule has 0 heterocycles. The van der Waals surface area contributed by atoms with Crippen molar-refractivity contribution in [2.75, 3.05) is 6.16 Å². The van der Waals surface area contributed by atoms with Gasteiger partial charge in [0.15, 0.2) is 5.16 Å². The lowest BCUT2D eigenvalue weighted by Gasteiger charge is -2.33. The van der Waals surface area contributed by atoms with E-state index in [1.165, 1.54) is 0 Å². The van der Waals surface area contributed by atoms with Gasteiger partial charge in [-0.2, -0.15) is 0 Å². The van der Waals surface area contributed by atoms with Crippen molar-refractivity contribution in [3.05, 3.63) is 0 Å². The van der Waals surface area contributed by atoms with Crippen molar-refractivity contribution in [3.63, 3.8) is 0 Å². The van der Waals surface area contributed by atoms with Gasteiger partial charge in [-0.1, -0.05) is 6.92 Å². The van der Waals surface area contributed by atoms with E-state index in [2.05, 4.69) is 0 Å². The predicted octanol–water partition coefficient (Wildman–Crippen LogP) is -0.724. The molecule has 0 fully saturated rings. The molecule has 0 aromatic rings. The number of carboxylic acids is 2. The Kier molecular flexibility index (Phi) is 5.47. The first-order valence-corrected chi connectivity index (χ1v) is 8.23. The zero-order valence-electron chi connectivity index (χ0n) is 9.70. The van der Waals surface area contributed by atoms with Crippen LogP contribution >= 0.6 is 15.2 Å². The van der Waals surface area contributed by atoms with Crippen LogP contribution in [-0.2, 0) is 18.7 Å². The van der Waals surface area contributed by atoms with E-state index in [9.17, 15) is 18.7 Å². The molecule has 0 aliphatic carbocycles. The Balaban J connectivity index is 5.82. The van der Waals surface area contributed by atoms with Crippen LogP contribution in [0.25, 0.3) is 0 Å². The highest BCUT2D eigenvalue weighted by atomic mass is 31.2. The van der Waals surface area contributed by atoms with E-state index in [-0.39, 0.29) is 0 Å². The van der Waals surface area contributed by atoms with E-state index in [1.807, 2.05) is 0 Å². The average Bonchev–Trinajstić information content (AvgIpc) is 2.13. The summed E-state index contributed by atoms with van der Waals surface area (Å²) in [6.07, 6.45) is -2.31. The summed E-state index contributed by atoms with van der Waals surface area (Å²) in [7, 11) is -10.2. The van der Waals surface area contributed by atoms with Crippen LogP contribution in [-0.4, -0.2) is 53.0 Å². The molecule has 0 amide bonds. The second kappa shape index (κ2) is 5.70. The van der Waals surface area contributed by atoms with Crippen LogP contribution in [0.15, 0.2) is 0 Å². The molecule has 6 N–H and O–H groups in total. The second-order valence-corrected chi connectivity index (χ2v) is 7.63. The van der Waals surface area contributed by atoms with E-state index in [0.717, 1.165) is 6.92 Å². The third-order valence-electron chi connectivity index (χ3n) is 2.76. The van der Waals surface area contributed by atoms with Crippen LogP contribution in [0, 0.1) is 5.92 Å². The first-order valence-electron chi connectivity index (χ1n) is 4.82. The van der Waals surface area contributed by atoms with Gasteiger partial charge in [-0.05, 0) is 6.42 Å². The van der Waals surface area contributed by atoms with Crippen LogP contribution < -0.4 is 0 Å². The molecule has 19 heavy (non-hydrogen) atoms. The van der Waals surface area contributed by atoms with Crippen LogP contribution in [0.5, 0.6) is 0 Å². The molecule has 12 heteroatoms. The van der Waals surface area contributed by atoms with Crippen molar-refractivity contribution in [1.82, 2.24) is 0 Å². The lowest BCUT2D eigenvalue weighted by atomic mass is 9.90. The largest absolute Gasteiger partial charge is 0.481 e. The fraction of sp³-hybridized carbons (Fsp3) is 0.714. The molecule has 10 nitrogen and oxygen atoms in total. The minimum atomic E-state index is -5.48. The number of hydrogen-bond acceptors (Lipinski definition) is 4. The average molecular weight is 320 g/mol. The number of hydrogen-bond donors (Lipinski definition) is 6. The smallest absolute Gasteiger partial charge is 0.343 e. The lowest BCUT2D eigenvalue weighted by Crippen LogP contribution is -2.48. The number of carbonyl (C=O) groups is 2. The molecule has 0 rings (SSSR count). The SMILES string of the molecule is CC(C(=O)O)C(CCP(=O)(O)O)(C(=O)O)P(=O)(O)O. The van der Waals surface area contributed by atoms with Gasteiger partial charge in [0.2, 0.25) is 0 Å². The third-order valence-corrected chi connectivity index (χ3v) is 5.41. The Morgan fingerprint density at radius 3 is 1.74 bits per heavy atom. The van der Waals surface area contributed by atoms with Crippen LogP contribution in [0.1, 0.15) is 13.3 Å². The summed E-state index contributed by atoms with van der Waals surface area (Å²) < 4.78 is 22.1. The van der Waals surface area contributed by atoms with Gasteiger partial charge in [0, 0.05) is 0 Å². The summed E-state index contributed by atoms with van der Waals surface area (Å²) in [4.78, 5) is 57.5. The molecular formula is C7H14O10P2. The Morgan fingerprint density at radius 1 is 1.11 bits per heavy atom. The highest BCUT2D eigenvalue weighted by Crippen LogP contribution is 2.58. The molecule has 0 saturated heterocycles. The zero-order valence-corrected chi connectivity index (χ0v) is 11.5. The van der Waals surface area contributed by atoms with E-state index in [1.54, 1.807) is 0 Å². The van der Waals surface area contributed by atoms with Crippen LogP contribution in [0.2, 0.25) is 0 Å². The summed E-state index contributed by atoms with van der Waals surface area (Å²) in [6.45, 7) is 0.759. The van der Waals surface area contributed by atoms with Gasteiger partial charge in [0.05, 0.1) is 12.1 Å². The quantitative estimate of drug-likeness (QED) is 0.326. The van der Waals surface area contributed by atoms with Gasteiger partial charge in [-0.15, -0.1) is 0 Å². The molecule has 0 bridgehead atoms. The molecule has 0 aromatic heterocycles. The van der Waals surface area contributed by atoms with Gasteiger partial charge >= 0.3 is 27.1 Å². The van der Waals surface area contributed by atoms with Crippen molar-refractivity contribution in [2.24, 2.45) is 5.92 Å². The lowest BCUT2D eigenvalue weighted by molar-refractivity contribution is -0.152. The topological polar surface area (TPSA) is 190 Å². The Hall–Kier alpha value is -0.760. The molecule has 0 aromatic carbocycles. The highest BCUT2D eigenvalue weighted by Gasteiger charge is 2.60. The van der Waals surface area contributed by atoms with E-state index in [0.29, 0.717) is 0 Å². The second-order valence-electron chi connectivity index (χ2n) is 3.97. The maximum absolute atomic E-state index is 11.4. The third kappa shape index (κ3) is 4.10. The standard InChI is InChI=1S/C7H14O10P2/c1-4(5(8)9)7(6(10)11,19(15,16)17)2-3-18(12,13)14/h4H,2-3H2,1H3,(H,8,9)(H,10,11)(H2,12,13,14)(H2,15,16,17). The van der Waals surface area contributed by atoms with Crippen molar-refractivity contribution in [2.45, 2.75) is 18.5 Å². The van der Waals surface area contributed by atoms with Gasteiger partial charge in [0.1, 0.15) is 0 Å². The molecule has 0 aliphatic heterocycles. The summed E-state index contributed by atoms with van der Waals surface area (Å²) in [5.41, 5.74) is 0. The molecule has 0 radical (unpaired) electrons. The van der Waals surface area contributed by atoms with Gasteiger partial charge in [0.25, 0.3) is 0 Å². The van der Waals surface area contributed by atoms with Crippen molar-refractivity contribution in [1.29, 1.82) is 0 Å². The minimum absolute atomic E-state index is 0.759. The number of aliphatic carboxylic acids is 2. The monoisotopic (exact) mass is 320 g/mol. The normalized spacial score (nSPS) is 17.5. The fourth-order valence-electron chi connectivity index (χ4n) is 1.55. The molecule has 0 aliphatic rings. The minimum Gasteiger partial charge on any atom is -0.481 e. The van der Waals surface area contributed by atoms with E-state index >= 15 is 0 Å². The van der Waals surface area contributed by atoms with E-state index < -0.39 is 50.8 Å². The Morgan fingerprint density at radius 2 is 1.53 bits per heavy atom. The Labute approximate surface area is 107 Å². The van der Waals surface area contributed by atoms with Crippen LogP contribution in [0.4, 0.5) is 0 Å². The molecular weight excluding hydrogens is 306 g/mol. The highest BCUT2D eigenvalue weighted by molar-refractivity contribution is 7.55. The van der Waals surface area contributed by atoms with Crippen LogP contribution in [0.3, 0.4) is 0 Å². The first kappa shape index (κ1) is 18.2. The van der Waals surface area contributed by atoms with Gasteiger partial charge in [-0.3, -0.25) is 18.7 Å². The summed E-state index contributed by atoms with van der Waals surface area (Å²) in [5, 5.41) is 14.6. The number of rotatable bonds is 7. The maximum atomic E-state index is 11.4. The molecule has 2 atom stereocenters. The molecule has 112 valence electrons. The molecule has 2 unspecified atom stereocenters. The number of carboxylic acid groups (broad SMARTS) is 2. The zero-order chi connectivity index (χ0) is 15.6. The summed E-state index contributed by atoms with van der Waals surface area (Å²) in [5.74, 6) is -5.95. The summed E-state index contributed by atoms with van der Waals surface area (Å²) in [6, 6.07) is 0. The molecule has 0 saturated carbocycles. The fourth-order valence-corrected chi connectivity index (χ4v) is 3.64. The van der Waals surface area contributed by atoms with Crippen molar-refractivity contribution < 1.29 is 48.5 Å². The van der Waals surface area contributed by atoms with Gasteiger partial charge in [-0.25, -0.2) is 0 Å². The predicted molar refractivity (Wildman–Crippen MR) is 60.7 cm³/mol. The first-order chi connectivity index (χ1) is 8.25. The summed E-state index contributed by atoms with van der Waals surface area (Å²) >= 11 is 0.